The summed E-state index contributed by atoms with van der Waals surface area (Å²) in [5, 5.41) is 18.7. The molecule has 1 aromatic rings. The first-order valence-electron chi connectivity index (χ1n) is 6.93. The van der Waals surface area contributed by atoms with E-state index in [9.17, 15) is 10.2 Å². The lowest BCUT2D eigenvalue weighted by Gasteiger charge is -2.19. The second-order valence-corrected chi connectivity index (χ2v) is 4.98. The Hall–Kier alpha value is -0.980. The highest BCUT2D eigenvalue weighted by Gasteiger charge is 2.26. The molecular formula is C15H22O5. The summed E-state index contributed by atoms with van der Waals surface area (Å²) in [5.41, 5.74) is 0.544. The average Bonchev–Trinajstić information content (AvgIpc) is 3.35. The lowest BCUT2D eigenvalue weighted by atomic mass is 10.0. The molecule has 1 aromatic carbocycles. The fourth-order valence-corrected chi connectivity index (χ4v) is 1.57. The van der Waals surface area contributed by atoms with Gasteiger partial charge in [-0.1, -0.05) is 37.3 Å². The Balaban J connectivity index is 0.000000149. The highest BCUT2D eigenvalue weighted by Crippen LogP contribution is 2.20. The predicted octanol–water partition coefficient (Wildman–Crippen LogP) is 1.03. The van der Waals surface area contributed by atoms with Gasteiger partial charge in [-0.15, -0.1) is 0 Å². The number of aliphatic hydroxyl groups is 2. The molecule has 2 unspecified atom stereocenters. The molecule has 20 heavy (non-hydrogen) atoms. The van der Waals surface area contributed by atoms with Gasteiger partial charge in [-0.05, 0) is 0 Å². The van der Waals surface area contributed by atoms with Crippen LogP contribution in [0.4, 0.5) is 0 Å². The Morgan fingerprint density at radius 1 is 1.10 bits per heavy atom. The maximum Gasteiger partial charge on any atom is 0.189 e. The molecule has 2 heterocycles. The first-order valence-corrected chi connectivity index (χ1v) is 6.93. The third kappa shape index (κ3) is 5.56. The molecule has 3 rings (SSSR count). The van der Waals surface area contributed by atoms with Crippen LogP contribution in [0, 0.1) is 0 Å². The van der Waals surface area contributed by atoms with Gasteiger partial charge in [0.15, 0.2) is 5.79 Å². The number of ether oxygens (including phenoxy) is 3. The molecule has 0 aromatic heterocycles. The number of benzene rings is 1. The van der Waals surface area contributed by atoms with E-state index in [1.54, 1.807) is 31.2 Å². The highest BCUT2D eigenvalue weighted by molar-refractivity contribution is 5.19. The number of epoxide rings is 2. The molecule has 0 radical (unpaired) electrons. The van der Waals surface area contributed by atoms with Crippen molar-refractivity contribution in [2.24, 2.45) is 0 Å². The Bertz CT molecular complexity index is 373. The Kier molecular flexibility index (Phi) is 5.51. The zero-order valence-corrected chi connectivity index (χ0v) is 11.7. The van der Waals surface area contributed by atoms with Gasteiger partial charge in [0.2, 0.25) is 0 Å². The summed E-state index contributed by atoms with van der Waals surface area (Å²) < 4.78 is 15.1. The second kappa shape index (κ2) is 7.15. The van der Waals surface area contributed by atoms with E-state index in [2.05, 4.69) is 0 Å². The predicted molar refractivity (Wildman–Crippen MR) is 73.1 cm³/mol. The summed E-state index contributed by atoms with van der Waals surface area (Å²) in [4.78, 5) is 0. The summed E-state index contributed by atoms with van der Waals surface area (Å²) in [7, 11) is 0. The zero-order valence-electron chi connectivity index (χ0n) is 11.7. The van der Waals surface area contributed by atoms with Crippen molar-refractivity contribution >= 4 is 0 Å². The van der Waals surface area contributed by atoms with Crippen LogP contribution in [0.5, 0.6) is 0 Å². The van der Waals surface area contributed by atoms with E-state index in [1.807, 2.05) is 6.07 Å². The van der Waals surface area contributed by atoms with Crippen LogP contribution in [0.25, 0.3) is 0 Å². The minimum absolute atomic E-state index is 0.303. The molecule has 0 aliphatic carbocycles. The quantitative estimate of drug-likeness (QED) is 0.602. The van der Waals surface area contributed by atoms with Gasteiger partial charge < -0.3 is 24.4 Å². The minimum Gasteiger partial charge on any atom is -0.376 e. The molecule has 2 atom stereocenters. The number of rotatable bonds is 6. The highest BCUT2D eigenvalue weighted by atomic mass is 16.6. The Labute approximate surface area is 119 Å². The van der Waals surface area contributed by atoms with E-state index in [0.717, 1.165) is 26.4 Å². The summed E-state index contributed by atoms with van der Waals surface area (Å²) >= 11 is 0. The first-order chi connectivity index (χ1) is 9.62. The Morgan fingerprint density at radius 2 is 1.60 bits per heavy atom. The fraction of sp³-hybridized carbons (Fsp3) is 0.600. The normalized spacial score (nSPS) is 23.8. The molecule has 5 nitrogen and oxygen atoms in total. The summed E-state index contributed by atoms with van der Waals surface area (Å²) in [6.07, 6.45) is 1.09. The molecular weight excluding hydrogens is 260 g/mol. The van der Waals surface area contributed by atoms with Crippen LogP contribution < -0.4 is 0 Å². The van der Waals surface area contributed by atoms with Crippen molar-refractivity contribution < 1.29 is 24.4 Å². The summed E-state index contributed by atoms with van der Waals surface area (Å²) in [6, 6.07) is 8.81. The van der Waals surface area contributed by atoms with Crippen molar-refractivity contribution in [1.82, 2.24) is 0 Å². The van der Waals surface area contributed by atoms with Crippen molar-refractivity contribution in [2.45, 2.75) is 31.3 Å². The van der Waals surface area contributed by atoms with Gasteiger partial charge in [0, 0.05) is 12.0 Å². The maximum absolute atomic E-state index is 9.35. The van der Waals surface area contributed by atoms with Crippen LogP contribution in [0.1, 0.15) is 18.9 Å². The lowest BCUT2D eigenvalue weighted by Crippen LogP contribution is -2.23. The summed E-state index contributed by atoms with van der Waals surface area (Å²) in [6.45, 7) is 4.99. The largest absolute Gasteiger partial charge is 0.376 e. The number of hydrogen-bond acceptors (Lipinski definition) is 5. The van der Waals surface area contributed by atoms with Crippen LogP contribution in [0.3, 0.4) is 0 Å². The molecule has 2 fully saturated rings. The molecule has 5 heteroatoms. The molecule has 2 aliphatic heterocycles. The average molecular weight is 282 g/mol. The van der Waals surface area contributed by atoms with Crippen LogP contribution in [-0.4, -0.2) is 48.8 Å². The van der Waals surface area contributed by atoms with Crippen LogP contribution in [0.2, 0.25) is 0 Å². The fourth-order valence-electron chi connectivity index (χ4n) is 1.57. The lowest BCUT2D eigenvalue weighted by molar-refractivity contribution is -0.171. The third-order valence-electron chi connectivity index (χ3n) is 3.14. The van der Waals surface area contributed by atoms with Crippen molar-refractivity contribution in [2.75, 3.05) is 26.4 Å². The van der Waals surface area contributed by atoms with Gasteiger partial charge in [0.1, 0.15) is 12.2 Å². The van der Waals surface area contributed by atoms with E-state index in [1.165, 1.54) is 0 Å². The second-order valence-electron chi connectivity index (χ2n) is 4.98. The van der Waals surface area contributed by atoms with Crippen molar-refractivity contribution in [3.05, 3.63) is 35.9 Å². The van der Waals surface area contributed by atoms with Crippen LogP contribution >= 0.6 is 0 Å². The molecule has 0 bridgehead atoms. The molecule has 0 saturated carbocycles. The maximum atomic E-state index is 9.35. The van der Waals surface area contributed by atoms with E-state index in [-0.39, 0.29) is 0 Å². The molecule has 112 valence electrons. The van der Waals surface area contributed by atoms with E-state index in [4.69, 9.17) is 14.2 Å². The molecule has 2 saturated heterocycles. The molecule has 2 aliphatic rings. The SMILES string of the molecule is C(OCC1CO1)C1CO1.CCC(O)(O)c1ccccc1. The van der Waals surface area contributed by atoms with Crippen LogP contribution in [0.15, 0.2) is 30.3 Å². The third-order valence-corrected chi connectivity index (χ3v) is 3.14. The van der Waals surface area contributed by atoms with E-state index in [0.29, 0.717) is 24.2 Å². The molecule has 0 spiro atoms. The van der Waals surface area contributed by atoms with Crippen molar-refractivity contribution in [3.8, 4) is 0 Å². The first kappa shape index (κ1) is 15.4. The minimum atomic E-state index is -1.67. The van der Waals surface area contributed by atoms with Crippen LogP contribution in [-0.2, 0) is 20.0 Å². The van der Waals surface area contributed by atoms with E-state index >= 15 is 0 Å². The van der Waals surface area contributed by atoms with Gasteiger partial charge in [0.05, 0.1) is 26.4 Å². The smallest absolute Gasteiger partial charge is 0.189 e. The monoisotopic (exact) mass is 282 g/mol. The van der Waals surface area contributed by atoms with Crippen molar-refractivity contribution in [3.63, 3.8) is 0 Å². The molecule has 2 N–H and O–H groups in total. The topological polar surface area (TPSA) is 74.8 Å². The standard InChI is InChI=1S/C9H12O2.C6H10O3/c1-2-9(10,11)8-6-4-3-5-7-8;1(5-3-8-5)7-2-6-4-9-6/h3-7,10-11H,2H2,1H3;5-6H,1-4H2. The van der Waals surface area contributed by atoms with Gasteiger partial charge in [0.25, 0.3) is 0 Å². The zero-order chi connectivity index (χ0) is 14.4. The van der Waals surface area contributed by atoms with Gasteiger partial charge in [-0.25, -0.2) is 0 Å². The van der Waals surface area contributed by atoms with E-state index < -0.39 is 5.79 Å². The van der Waals surface area contributed by atoms with Gasteiger partial charge >= 0.3 is 0 Å². The number of hydrogen-bond donors (Lipinski definition) is 2. The van der Waals surface area contributed by atoms with Crippen molar-refractivity contribution in [1.29, 1.82) is 0 Å². The molecule has 0 amide bonds. The van der Waals surface area contributed by atoms with Gasteiger partial charge in [-0.2, -0.15) is 0 Å². The Morgan fingerprint density at radius 3 is 2.00 bits per heavy atom. The van der Waals surface area contributed by atoms with Gasteiger partial charge in [-0.3, -0.25) is 0 Å². The summed E-state index contributed by atoms with van der Waals surface area (Å²) in [5.74, 6) is -1.67.